The molecule has 2 amide bonds. The van der Waals surface area contributed by atoms with Gasteiger partial charge in [0.25, 0.3) is 5.91 Å². The SMILES string of the molecule is COc1ccc(CCC(=O)N2CCCC2c2ncc(C(N)=O)c(C)n2)cc1. The molecule has 1 atom stereocenters. The van der Waals surface area contributed by atoms with Gasteiger partial charge in [-0.2, -0.15) is 0 Å². The Bertz CT molecular complexity index is 836. The molecule has 1 aromatic carbocycles. The minimum atomic E-state index is -0.544. The number of nitrogens with two attached hydrogens (primary N) is 1. The quantitative estimate of drug-likeness (QED) is 0.843. The van der Waals surface area contributed by atoms with Crippen LogP contribution in [0.2, 0.25) is 0 Å². The number of hydrogen-bond donors (Lipinski definition) is 1. The van der Waals surface area contributed by atoms with Gasteiger partial charge < -0.3 is 15.4 Å². The third kappa shape index (κ3) is 4.24. The van der Waals surface area contributed by atoms with E-state index in [0.717, 1.165) is 24.2 Å². The Morgan fingerprint density at radius 3 is 2.67 bits per heavy atom. The van der Waals surface area contributed by atoms with Crippen LogP contribution in [0.25, 0.3) is 0 Å². The van der Waals surface area contributed by atoms with Crippen molar-refractivity contribution < 1.29 is 14.3 Å². The molecule has 0 bridgehead atoms. The summed E-state index contributed by atoms with van der Waals surface area (Å²) in [5.74, 6) is 0.927. The lowest BCUT2D eigenvalue weighted by molar-refractivity contribution is -0.132. The molecule has 7 nitrogen and oxygen atoms in total. The minimum absolute atomic E-state index is 0.0912. The Morgan fingerprint density at radius 2 is 2.04 bits per heavy atom. The Balaban J connectivity index is 1.67. The molecule has 27 heavy (non-hydrogen) atoms. The summed E-state index contributed by atoms with van der Waals surface area (Å²) in [6.45, 7) is 2.43. The fourth-order valence-corrected chi connectivity index (χ4v) is 3.41. The number of benzene rings is 1. The van der Waals surface area contributed by atoms with E-state index in [2.05, 4.69) is 9.97 Å². The van der Waals surface area contributed by atoms with Gasteiger partial charge in [0.05, 0.1) is 24.4 Å². The molecule has 1 aliphatic heterocycles. The molecule has 3 rings (SSSR count). The molecule has 1 aliphatic rings. The summed E-state index contributed by atoms with van der Waals surface area (Å²) < 4.78 is 5.15. The smallest absolute Gasteiger partial charge is 0.252 e. The number of aryl methyl sites for hydroxylation is 2. The summed E-state index contributed by atoms with van der Waals surface area (Å²) in [5, 5.41) is 0. The molecule has 0 aliphatic carbocycles. The zero-order valence-corrected chi connectivity index (χ0v) is 15.6. The van der Waals surface area contributed by atoms with Crippen molar-refractivity contribution in [1.82, 2.24) is 14.9 Å². The standard InChI is InChI=1S/C20H24N4O3/c1-13-16(19(21)26)12-22-20(23-13)17-4-3-11-24(17)18(25)10-7-14-5-8-15(27-2)9-6-14/h5-6,8-9,12,17H,3-4,7,10-11H2,1-2H3,(H2,21,26). The van der Waals surface area contributed by atoms with Crippen LogP contribution in [-0.4, -0.2) is 40.3 Å². The third-order valence-electron chi connectivity index (χ3n) is 4.92. The van der Waals surface area contributed by atoms with Gasteiger partial charge in [0.2, 0.25) is 5.91 Å². The number of likely N-dealkylation sites (tertiary alicyclic amines) is 1. The molecule has 1 aromatic heterocycles. The van der Waals surface area contributed by atoms with E-state index in [1.54, 1.807) is 14.0 Å². The van der Waals surface area contributed by atoms with Crippen LogP contribution in [0.3, 0.4) is 0 Å². The number of aromatic nitrogens is 2. The lowest BCUT2D eigenvalue weighted by atomic mass is 10.1. The molecule has 0 radical (unpaired) electrons. The zero-order valence-electron chi connectivity index (χ0n) is 15.6. The summed E-state index contributed by atoms with van der Waals surface area (Å²) in [4.78, 5) is 34.7. The first-order valence-corrected chi connectivity index (χ1v) is 9.05. The van der Waals surface area contributed by atoms with E-state index in [9.17, 15) is 9.59 Å². The number of hydrogen-bond acceptors (Lipinski definition) is 5. The summed E-state index contributed by atoms with van der Waals surface area (Å²) in [5.41, 5.74) is 7.27. The number of carbonyl (C=O) groups is 2. The fourth-order valence-electron chi connectivity index (χ4n) is 3.41. The Labute approximate surface area is 158 Å². The van der Waals surface area contributed by atoms with E-state index in [0.29, 0.717) is 36.5 Å². The van der Waals surface area contributed by atoms with Gasteiger partial charge in [-0.1, -0.05) is 12.1 Å². The van der Waals surface area contributed by atoms with Crippen LogP contribution in [0.4, 0.5) is 0 Å². The van der Waals surface area contributed by atoms with Gasteiger partial charge in [-0.3, -0.25) is 9.59 Å². The summed E-state index contributed by atoms with van der Waals surface area (Å²) >= 11 is 0. The average Bonchev–Trinajstić information content (AvgIpc) is 3.16. The number of amides is 2. The molecule has 2 aromatic rings. The Hall–Kier alpha value is -2.96. The van der Waals surface area contributed by atoms with Crippen LogP contribution in [0, 0.1) is 6.92 Å². The van der Waals surface area contributed by atoms with Gasteiger partial charge >= 0.3 is 0 Å². The predicted molar refractivity (Wildman–Crippen MR) is 100 cm³/mol. The van der Waals surface area contributed by atoms with Gasteiger partial charge in [-0.15, -0.1) is 0 Å². The molecular weight excluding hydrogens is 344 g/mol. The lowest BCUT2D eigenvalue weighted by Crippen LogP contribution is -2.32. The fraction of sp³-hybridized carbons (Fsp3) is 0.400. The van der Waals surface area contributed by atoms with E-state index in [1.165, 1.54) is 6.20 Å². The maximum atomic E-state index is 12.8. The molecular formula is C20H24N4O3. The van der Waals surface area contributed by atoms with Crippen LogP contribution < -0.4 is 10.5 Å². The monoisotopic (exact) mass is 368 g/mol. The number of nitrogens with zero attached hydrogens (tertiary/aromatic N) is 3. The normalized spacial score (nSPS) is 16.4. The van der Waals surface area contributed by atoms with Gasteiger partial charge in [0.15, 0.2) is 5.82 Å². The van der Waals surface area contributed by atoms with Crippen molar-refractivity contribution in [3.63, 3.8) is 0 Å². The molecule has 142 valence electrons. The van der Waals surface area contributed by atoms with Gasteiger partial charge in [-0.25, -0.2) is 9.97 Å². The zero-order chi connectivity index (χ0) is 19.4. The molecule has 1 saturated heterocycles. The average molecular weight is 368 g/mol. The van der Waals surface area contributed by atoms with Crippen molar-refractivity contribution in [2.45, 2.75) is 38.6 Å². The molecule has 1 unspecified atom stereocenters. The van der Waals surface area contributed by atoms with E-state index >= 15 is 0 Å². The number of rotatable bonds is 6. The maximum Gasteiger partial charge on any atom is 0.252 e. The van der Waals surface area contributed by atoms with Gasteiger partial charge in [-0.05, 0) is 43.9 Å². The Kier molecular flexibility index (Phi) is 5.69. The van der Waals surface area contributed by atoms with E-state index < -0.39 is 5.91 Å². The first-order valence-electron chi connectivity index (χ1n) is 9.05. The van der Waals surface area contributed by atoms with Crippen LogP contribution >= 0.6 is 0 Å². The highest BCUT2D eigenvalue weighted by Crippen LogP contribution is 2.31. The van der Waals surface area contributed by atoms with Crippen molar-refractivity contribution >= 4 is 11.8 Å². The highest BCUT2D eigenvalue weighted by atomic mass is 16.5. The summed E-state index contributed by atoms with van der Waals surface area (Å²) in [7, 11) is 1.63. The number of ether oxygens (including phenoxy) is 1. The largest absolute Gasteiger partial charge is 0.497 e. The first-order chi connectivity index (χ1) is 13.0. The summed E-state index contributed by atoms with van der Waals surface area (Å²) in [6, 6.07) is 7.60. The molecule has 0 spiro atoms. The summed E-state index contributed by atoms with van der Waals surface area (Å²) in [6.07, 6.45) is 4.30. The van der Waals surface area contributed by atoms with Crippen LogP contribution in [0.15, 0.2) is 30.5 Å². The molecule has 7 heteroatoms. The minimum Gasteiger partial charge on any atom is -0.497 e. The number of methoxy groups -OCH3 is 1. The van der Waals surface area contributed by atoms with Crippen molar-refractivity contribution in [2.24, 2.45) is 5.73 Å². The maximum absolute atomic E-state index is 12.8. The van der Waals surface area contributed by atoms with Crippen molar-refractivity contribution in [3.05, 3.63) is 53.1 Å². The topological polar surface area (TPSA) is 98.4 Å². The first kappa shape index (κ1) is 18.8. The second-order valence-electron chi connectivity index (χ2n) is 6.68. The molecule has 1 fully saturated rings. The number of carbonyl (C=O) groups excluding carboxylic acids is 2. The molecule has 2 heterocycles. The van der Waals surface area contributed by atoms with Gasteiger partial charge in [0.1, 0.15) is 5.75 Å². The highest BCUT2D eigenvalue weighted by molar-refractivity contribution is 5.93. The van der Waals surface area contributed by atoms with Crippen molar-refractivity contribution in [2.75, 3.05) is 13.7 Å². The predicted octanol–water partition coefficient (Wildman–Crippen LogP) is 2.19. The molecule has 0 saturated carbocycles. The Morgan fingerprint density at radius 1 is 1.30 bits per heavy atom. The van der Waals surface area contributed by atoms with E-state index in [4.69, 9.17) is 10.5 Å². The van der Waals surface area contributed by atoms with Crippen LogP contribution in [-0.2, 0) is 11.2 Å². The number of primary amides is 1. The van der Waals surface area contributed by atoms with Crippen LogP contribution in [0.1, 0.15) is 52.7 Å². The highest BCUT2D eigenvalue weighted by Gasteiger charge is 2.32. The van der Waals surface area contributed by atoms with E-state index in [1.807, 2.05) is 29.2 Å². The van der Waals surface area contributed by atoms with Crippen molar-refractivity contribution in [1.29, 1.82) is 0 Å². The second kappa shape index (κ2) is 8.16. The molecule has 2 N–H and O–H groups in total. The van der Waals surface area contributed by atoms with E-state index in [-0.39, 0.29) is 11.9 Å². The van der Waals surface area contributed by atoms with Crippen molar-refractivity contribution in [3.8, 4) is 5.75 Å². The van der Waals surface area contributed by atoms with Crippen LogP contribution in [0.5, 0.6) is 5.75 Å². The van der Waals surface area contributed by atoms with Gasteiger partial charge in [0, 0.05) is 19.2 Å². The third-order valence-corrected chi connectivity index (χ3v) is 4.92. The lowest BCUT2D eigenvalue weighted by Gasteiger charge is -2.24. The second-order valence-corrected chi connectivity index (χ2v) is 6.68.